The van der Waals surface area contributed by atoms with E-state index in [0.717, 1.165) is 5.57 Å². The lowest BCUT2D eigenvalue weighted by molar-refractivity contribution is -0.197. The van der Waals surface area contributed by atoms with Crippen LogP contribution < -0.4 is 47.3 Å². The number of nitrogens with zero attached hydrogens (tertiary/aromatic N) is 2. The van der Waals surface area contributed by atoms with Gasteiger partial charge >= 0.3 is 24.2 Å². The Morgan fingerprint density at radius 3 is 2.25 bits per heavy atom. The predicted octanol–water partition coefficient (Wildman–Crippen LogP) is 5.05. The van der Waals surface area contributed by atoms with Crippen molar-refractivity contribution in [2.75, 3.05) is 43.3 Å². The lowest BCUT2D eigenvalue weighted by Crippen LogP contribution is -2.64. The van der Waals surface area contributed by atoms with Gasteiger partial charge in [-0.25, -0.2) is 19.2 Å². The highest BCUT2D eigenvalue weighted by atomic mass is 35.5. The van der Waals surface area contributed by atoms with Gasteiger partial charge < -0.3 is 65.9 Å². The number of hydroxylamine groups is 2. The summed E-state index contributed by atoms with van der Waals surface area (Å²) in [5.41, 5.74) is 5.16. The number of halogens is 2. The third-order valence-corrected chi connectivity index (χ3v) is 15.2. The molecule has 10 amide bonds. The van der Waals surface area contributed by atoms with E-state index in [1.54, 1.807) is 51.1 Å². The monoisotopic (exact) mass is 1220 g/mol. The van der Waals surface area contributed by atoms with Crippen molar-refractivity contribution in [3.05, 3.63) is 69.7 Å². The smallest absolute Gasteiger partial charge is 0.411 e. The first-order valence-electron chi connectivity index (χ1n) is 27.3. The highest BCUT2D eigenvalue weighted by Gasteiger charge is 2.49. The summed E-state index contributed by atoms with van der Waals surface area (Å²) in [7, 11) is 4.27. The molecule has 0 radical (unpaired) electrons. The number of hydrogen-bond acceptors (Lipinski definition) is 17. The average molecular weight is 1220 g/mol. The minimum absolute atomic E-state index is 0.0173. The number of unbranched alkanes of at least 4 members (excludes halogenated alkanes) is 1. The average Bonchev–Trinajstić information content (AvgIpc) is 3.69. The van der Waals surface area contributed by atoms with E-state index in [2.05, 4.69) is 31.9 Å². The van der Waals surface area contributed by atoms with Crippen molar-refractivity contribution >= 4 is 99.9 Å². The topological polar surface area (TPSA) is 362 Å². The summed E-state index contributed by atoms with van der Waals surface area (Å²) >= 11 is 13.5. The number of carbonyl (C=O) groups is 10. The molecule has 5 rings (SSSR count). The number of carbonyl (C=O) groups excluding carboxylic acids is 10. The number of aliphatic hydroxyl groups excluding tert-OH is 1. The second kappa shape index (κ2) is 30.9. The Labute approximate surface area is 496 Å². The van der Waals surface area contributed by atoms with E-state index in [1.807, 2.05) is 6.92 Å². The van der Waals surface area contributed by atoms with Crippen LogP contribution in [-0.4, -0.2) is 145 Å². The van der Waals surface area contributed by atoms with Gasteiger partial charge in [0.15, 0.2) is 5.72 Å². The van der Waals surface area contributed by atoms with Gasteiger partial charge in [0.05, 0.1) is 36.0 Å². The van der Waals surface area contributed by atoms with Gasteiger partial charge in [-0.05, 0) is 80.8 Å². The Balaban J connectivity index is 1.31. The number of imide groups is 1. The van der Waals surface area contributed by atoms with Crippen LogP contribution in [0.4, 0.5) is 31.4 Å². The van der Waals surface area contributed by atoms with Crippen LogP contribution in [-0.2, 0) is 59.0 Å². The number of hydrogen-bond donors (Lipinski definition) is 9. The van der Waals surface area contributed by atoms with Crippen LogP contribution in [0.1, 0.15) is 104 Å². The predicted molar refractivity (Wildman–Crippen MR) is 306 cm³/mol. The van der Waals surface area contributed by atoms with E-state index >= 15 is 0 Å². The Bertz CT molecular complexity index is 2840. The Hall–Kier alpha value is -7.52. The van der Waals surface area contributed by atoms with Crippen molar-refractivity contribution in [3.8, 4) is 5.75 Å². The second-order valence-corrected chi connectivity index (χ2v) is 22.0. The zero-order valence-corrected chi connectivity index (χ0v) is 49.6. The van der Waals surface area contributed by atoms with Crippen LogP contribution >= 0.6 is 23.2 Å². The normalized spacial score (nSPS) is 23.8. The highest BCUT2D eigenvalue weighted by Crippen LogP contribution is 2.38. The number of anilines is 3. The molecule has 2 aromatic carbocycles. The number of allylic oxidation sites excluding steroid dienone is 3. The van der Waals surface area contributed by atoms with E-state index in [-0.39, 0.29) is 97.2 Å². The molecular formula is C56H75Cl2N9O17. The summed E-state index contributed by atoms with van der Waals surface area (Å²) < 4.78 is 22.7. The van der Waals surface area contributed by atoms with Crippen molar-refractivity contribution in [3.63, 3.8) is 0 Å². The second-order valence-electron chi connectivity index (χ2n) is 21.2. The lowest BCUT2D eigenvalue weighted by atomic mass is 9.81. The Kier molecular flexibility index (Phi) is 24.7. The largest absolute Gasteiger partial charge is 0.495 e. The van der Waals surface area contributed by atoms with E-state index < -0.39 is 126 Å². The van der Waals surface area contributed by atoms with Crippen LogP contribution in [0.2, 0.25) is 10.0 Å². The summed E-state index contributed by atoms with van der Waals surface area (Å²) in [6.45, 7) is 8.36. The molecule has 0 saturated carbocycles. The number of primary amides is 1. The number of aliphatic hydroxyl groups is 2. The molecular weight excluding hydrogens is 1140 g/mol. The third kappa shape index (κ3) is 18.7. The van der Waals surface area contributed by atoms with Gasteiger partial charge in [-0.1, -0.05) is 74.7 Å². The highest BCUT2D eigenvalue weighted by molar-refractivity contribution is 6.35. The molecule has 0 spiro atoms. The van der Waals surface area contributed by atoms with Crippen molar-refractivity contribution in [2.45, 2.75) is 147 Å². The third-order valence-electron chi connectivity index (χ3n) is 14.5. The number of nitrogens with two attached hydrogens (primary N) is 1. The van der Waals surface area contributed by atoms with Crippen molar-refractivity contribution in [2.24, 2.45) is 23.5 Å². The molecule has 3 aliphatic rings. The van der Waals surface area contributed by atoms with E-state index in [9.17, 15) is 58.2 Å². The molecule has 2 saturated heterocycles. The maximum absolute atomic E-state index is 14.3. The molecule has 84 heavy (non-hydrogen) atoms. The molecule has 26 nitrogen and oxygen atoms in total. The molecule has 9 atom stereocenters. The first kappa shape index (κ1) is 67.3. The van der Waals surface area contributed by atoms with Gasteiger partial charge in [0.1, 0.15) is 41.2 Å². The maximum atomic E-state index is 14.3. The van der Waals surface area contributed by atoms with Gasteiger partial charge in [0.2, 0.25) is 23.6 Å². The molecule has 28 heteroatoms. The summed E-state index contributed by atoms with van der Waals surface area (Å²) in [6, 6.07) is 4.27. The molecule has 460 valence electrons. The first-order valence-corrected chi connectivity index (χ1v) is 28.1. The fraction of sp³-hybridized carbons (Fsp3) is 0.536. The molecule has 2 aromatic rings. The lowest BCUT2D eigenvalue weighted by Gasteiger charge is -2.43. The SMILES string of the molecule is COc1cc2cc(c1Cl)N(C)C(=O)C[C@H](OC(=O)Nc1ccc(NC(=O)[C@H](CCCNC(N)=O)NC(=O)[C@@H](NC(=O)CCCCC(=O)ON3C(=O)CCC3=O)C(C)C)cc1Cl)[C@@H](C)[C@@H](O)[C@H](C)[C@@H]1C[C@@](O)(NC(=O)O1)[C@H](OC)/C=C/C=C(\C)C2. The number of amides is 10. The Morgan fingerprint density at radius 1 is 0.917 bits per heavy atom. The Morgan fingerprint density at radius 2 is 1.61 bits per heavy atom. The molecule has 3 aliphatic heterocycles. The quantitative estimate of drug-likeness (QED) is 0.0619. The fourth-order valence-corrected chi connectivity index (χ4v) is 10.1. The maximum Gasteiger partial charge on any atom is 0.411 e. The summed E-state index contributed by atoms with van der Waals surface area (Å²) in [5, 5.41) is 39.7. The number of urea groups is 1. The van der Waals surface area contributed by atoms with Gasteiger partial charge in [0, 0.05) is 70.3 Å². The van der Waals surface area contributed by atoms with Crippen LogP contribution in [0.5, 0.6) is 5.75 Å². The van der Waals surface area contributed by atoms with Crippen LogP contribution in [0.15, 0.2) is 54.1 Å². The number of fused-ring (bicyclic) bond motifs is 4. The number of nitrogens with one attached hydrogen (secondary N) is 6. The first-order chi connectivity index (χ1) is 39.6. The van der Waals surface area contributed by atoms with Gasteiger partial charge in [-0.3, -0.25) is 39.4 Å². The van der Waals surface area contributed by atoms with E-state index in [1.165, 1.54) is 51.3 Å². The summed E-state index contributed by atoms with van der Waals surface area (Å²) in [5.74, 6) is -6.82. The molecule has 0 aromatic heterocycles. The van der Waals surface area contributed by atoms with Crippen molar-refractivity contribution < 1.29 is 81.9 Å². The molecule has 3 heterocycles. The van der Waals surface area contributed by atoms with Crippen LogP contribution in [0.25, 0.3) is 0 Å². The van der Waals surface area contributed by atoms with Gasteiger partial charge in [-0.15, -0.1) is 5.06 Å². The van der Waals surface area contributed by atoms with E-state index in [0.29, 0.717) is 17.0 Å². The number of rotatable bonds is 20. The minimum atomic E-state index is -1.99. The zero-order chi connectivity index (χ0) is 62.2. The van der Waals surface area contributed by atoms with Crippen molar-refractivity contribution in [1.82, 2.24) is 26.3 Å². The number of benzene rings is 2. The minimum Gasteiger partial charge on any atom is -0.495 e. The molecule has 0 aliphatic carbocycles. The standard InChI is InChI=1S/C56H75Cl2N9O17/c1-29(2)49(64-43(68)16-9-10-17-47(72)84-67-44(69)20-21-45(67)70)52(75)62-37(14-12-22-60-53(59)76)51(74)61-34-18-19-36(35(57)26-34)63-54(77)82-39-27-46(71)66(6)38-24-33(25-40(80-7)48(38)58)23-30(3)13-11-15-42(81-8)56(79)28-41(83-55(78)65-56)32(5)50(73)31(39)4/h11,13,15,18-19,24-26,29,31-32,37,39,41-42,49-50,73,79H,9-10,12,14,16-17,20-23,27-28H2,1-8H3,(H,61,74)(H,62,75)(H,63,77)(H,64,68)(H,65,78)(H3,59,60,76)/b15-11+,30-13+/t31-,32-,37+,39+,41+,42-,49+,50-,56+/m1/s1. The van der Waals surface area contributed by atoms with Crippen molar-refractivity contribution in [1.29, 1.82) is 0 Å². The summed E-state index contributed by atoms with van der Waals surface area (Å²) in [4.78, 5) is 135. The van der Waals surface area contributed by atoms with E-state index in [4.69, 9.17) is 52.7 Å². The zero-order valence-electron chi connectivity index (χ0n) is 48.0. The van der Waals surface area contributed by atoms with Crippen LogP contribution in [0.3, 0.4) is 0 Å². The molecule has 4 bridgehead atoms. The summed E-state index contributed by atoms with van der Waals surface area (Å²) in [6.07, 6.45) is -2.36. The van der Waals surface area contributed by atoms with Gasteiger partial charge in [0.25, 0.3) is 11.8 Å². The fourth-order valence-electron chi connectivity index (χ4n) is 9.58. The van der Waals surface area contributed by atoms with Gasteiger partial charge in [-0.2, -0.15) is 0 Å². The van der Waals surface area contributed by atoms with Crippen LogP contribution in [0, 0.1) is 17.8 Å². The molecule has 2 fully saturated rings. The number of methoxy groups -OCH3 is 2. The molecule has 0 unspecified atom stereocenters. The number of ether oxygens (including phenoxy) is 4. The number of alkyl carbamates (subject to hydrolysis) is 1. The molecule has 10 N–H and O–H groups in total.